The van der Waals surface area contributed by atoms with Gasteiger partial charge < -0.3 is 15.2 Å². The number of hydrogen-bond acceptors (Lipinski definition) is 4. The van der Waals surface area contributed by atoms with Crippen LogP contribution in [0.25, 0.3) is 0 Å². The summed E-state index contributed by atoms with van der Waals surface area (Å²) < 4.78 is 23.3. The van der Waals surface area contributed by atoms with Gasteiger partial charge in [0.1, 0.15) is 0 Å². The fourth-order valence-electron chi connectivity index (χ4n) is 1.53. The zero-order valence-electron chi connectivity index (χ0n) is 10.8. The van der Waals surface area contributed by atoms with Crippen molar-refractivity contribution in [1.29, 1.82) is 0 Å². The van der Waals surface area contributed by atoms with E-state index >= 15 is 0 Å². The van der Waals surface area contributed by atoms with E-state index < -0.39 is 0 Å². The highest BCUT2D eigenvalue weighted by Crippen LogP contribution is 2.22. The van der Waals surface area contributed by atoms with E-state index in [1.165, 1.54) is 13.2 Å². The smallest absolute Gasteiger partial charge is 0.165 e. The molecule has 1 atom stereocenters. The molecule has 0 amide bonds. The Kier molecular flexibility index (Phi) is 7.08. The van der Waals surface area contributed by atoms with E-state index in [9.17, 15) is 4.39 Å². The van der Waals surface area contributed by atoms with Crippen LogP contribution in [0.4, 0.5) is 4.39 Å². The van der Waals surface area contributed by atoms with E-state index in [0.29, 0.717) is 0 Å². The van der Waals surface area contributed by atoms with E-state index in [0.717, 1.165) is 30.1 Å². The molecule has 0 aliphatic rings. The van der Waals surface area contributed by atoms with Gasteiger partial charge in [-0.3, -0.25) is 0 Å². The highest BCUT2D eigenvalue weighted by atomic mass is 32.2. The van der Waals surface area contributed by atoms with Gasteiger partial charge in [0.2, 0.25) is 0 Å². The van der Waals surface area contributed by atoms with Gasteiger partial charge in [-0.15, -0.1) is 0 Å². The van der Waals surface area contributed by atoms with Gasteiger partial charge in [0, 0.05) is 25.5 Å². The minimum atomic E-state index is -0.366. The van der Waals surface area contributed by atoms with Crippen LogP contribution in [0.2, 0.25) is 0 Å². The number of thioether (sulfide) groups is 1. The SMILES string of the molecule is COCCCSCC(N)c1ccc(OC)c(F)c1. The molecule has 2 N–H and O–H groups in total. The lowest BCUT2D eigenvalue weighted by Gasteiger charge is -2.12. The Morgan fingerprint density at radius 2 is 2.17 bits per heavy atom. The molecule has 18 heavy (non-hydrogen) atoms. The van der Waals surface area contributed by atoms with Crippen molar-refractivity contribution in [2.24, 2.45) is 5.73 Å². The fourth-order valence-corrected chi connectivity index (χ4v) is 2.46. The standard InChI is InChI=1S/C13H20FNO2S/c1-16-6-3-7-18-9-12(15)10-4-5-13(17-2)11(14)8-10/h4-5,8,12H,3,6-7,9,15H2,1-2H3. The fraction of sp³-hybridized carbons (Fsp3) is 0.538. The van der Waals surface area contributed by atoms with Crippen molar-refractivity contribution < 1.29 is 13.9 Å². The van der Waals surface area contributed by atoms with Gasteiger partial charge in [-0.05, 0) is 29.9 Å². The number of hydrogen-bond donors (Lipinski definition) is 1. The Hall–Kier alpha value is -0.780. The third-order valence-corrected chi connectivity index (χ3v) is 3.71. The zero-order valence-corrected chi connectivity index (χ0v) is 11.6. The van der Waals surface area contributed by atoms with Crippen LogP contribution in [-0.4, -0.2) is 32.3 Å². The zero-order chi connectivity index (χ0) is 13.4. The predicted octanol–water partition coefficient (Wildman–Crippen LogP) is 2.60. The van der Waals surface area contributed by atoms with E-state index in [2.05, 4.69) is 0 Å². The molecule has 102 valence electrons. The van der Waals surface area contributed by atoms with Crippen molar-refractivity contribution in [3.05, 3.63) is 29.6 Å². The molecule has 0 saturated carbocycles. The van der Waals surface area contributed by atoms with Crippen molar-refractivity contribution in [2.45, 2.75) is 12.5 Å². The molecule has 0 saturated heterocycles. The van der Waals surface area contributed by atoms with Crippen LogP contribution < -0.4 is 10.5 Å². The third-order valence-electron chi connectivity index (χ3n) is 2.54. The Balaban J connectivity index is 2.41. The molecule has 0 spiro atoms. The first kappa shape index (κ1) is 15.3. The monoisotopic (exact) mass is 273 g/mol. The molecular weight excluding hydrogens is 253 g/mol. The average molecular weight is 273 g/mol. The maximum atomic E-state index is 13.5. The van der Waals surface area contributed by atoms with Crippen molar-refractivity contribution in [1.82, 2.24) is 0 Å². The summed E-state index contributed by atoms with van der Waals surface area (Å²) in [6.45, 7) is 0.763. The number of halogens is 1. The van der Waals surface area contributed by atoms with E-state index in [1.807, 2.05) is 6.07 Å². The van der Waals surface area contributed by atoms with Gasteiger partial charge in [-0.1, -0.05) is 6.07 Å². The van der Waals surface area contributed by atoms with Gasteiger partial charge in [0.05, 0.1) is 7.11 Å². The van der Waals surface area contributed by atoms with Gasteiger partial charge in [-0.2, -0.15) is 11.8 Å². The molecular formula is C13H20FNO2S. The van der Waals surface area contributed by atoms with Crippen LogP contribution in [0, 0.1) is 5.82 Å². The summed E-state index contributed by atoms with van der Waals surface area (Å²) >= 11 is 1.75. The Labute approximate surface area is 112 Å². The molecule has 1 aromatic carbocycles. The Bertz CT molecular complexity index is 363. The lowest BCUT2D eigenvalue weighted by Crippen LogP contribution is -2.13. The van der Waals surface area contributed by atoms with Crippen molar-refractivity contribution >= 4 is 11.8 Å². The topological polar surface area (TPSA) is 44.5 Å². The van der Waals surface area contributed by atoms with Crippen LogP contribution in [0.15, 0.2) is 18.2 Å². The molecule has 0 bridgehead atoms. The molecule has 0 radical (unpaired) electrons. The molecule has 5 heteroatoms. The number of methoxy groups -OCH3 is 2. The van der Waals surface area contributed by atoms with E-state index in [1.54, 1.807) is 24.9 Å². The maximum Gasteiger partial charge on any atom is 0.165 e. The molecule has 3 nitrogen and oxygen atoms in total. The molecule has 1 rings (SSSR count). The van der Waals surface area contributed by atoms with Crippen LogP contribution in [-0.2, 0) is 4.74 Å². The number of benzene rings is 1. The molecule has 0 aromatic heterocycles. The van der Waals surface area contributed by atoms with Gasteiger partial charge in [-0.25, -0.2) is 4.39 Å². The largest absolute Gasteiger partial charge is 0.494 e. The molecule has 0 aliphatic carbocycles. The Morgan fingerprint density at radius 3 is 2.78 bits per heavy atom. The third kappa shape index (κ3) is 4.84. The molecule has 0 aliphatic heterocycles. The summed E-state index contributed by atoms with van der Waals surface area (Å²) in [7, 11) is 3.14. The number of ether oxygens (including phenoxy) is 2. The summed E-state index contributed by atoms with van der Waals surface area (Å²) in [6, 6.07) is 4.71. The van der Waals surface area contributed by atoms with Crippen molar-refractivity contribution in [3.63, 3.8) is 0 Å². The van der Waals surface area contributed by atoms with E-state index in [-0.39, 0.29) is 17.6 Å². The maximum absolute atomic E-state index is 13.5. The first-order chi connectivity index (χ1) is 8.69. The summed E-state index contributed by atoms with van der Waals surface area (Å²) in [5, 5.41) is 0. The Morgan fingerprint density at radius 1 is 1.39 bits per heavy atom. The molecule has 0 fully saturated rings. The summed E-state index contributed by atoms with van der Waals surface area (Å²) in [5.41, 5.74) is 6.81. The summed E-state index contributed by atoms with van der Waals surface area (Å²) in [4.78, 5) is 0. The molecule has 1 aromatic rings. The molecule has 1 unspecified atom stereocenters. The number of nitrogens with two attached hydrogens (primary N) is 1. The minimum absolute atomic E-state index is 0.155. The second kappa shape index (κ2) is 8.34. The van der Waals surface area contributed by atoms with Crippen LogP contribution in [0.5, 0.6) is 5.75 Å². The minimum Gasteiger partial charge on any atom is -0.494 e. The summed E-state index contributed by atoms with van der Waals surface area (Å²) in [6.07, 6.45) is 1.00. The van der Waals surface area contributed by atoms with Crippen LogP contribution in [0.1, 0.15) is 18.0 Å². The van der Waals surface area contributed by atoms with Crippen LogP contribution >= 0.6 is 11.8 Å². The highest BCUT2D eigenvalue weighted by Gasteiger charge is 2.09. The molecule has 0 heterocycles. The summed E-state index contributed by atoms with van der Waals surface area (Å²) in [5.74, 6) is 1.66. The average Bonchev–Trinajstić information content (AvgIpc) is 2.38. The van der Waals surface area contributed by atoms with Gasteiger partial charge >= 0.3 is 0 Å². The van der Waals surface area contributed by atoms with Crippen molar-refractivity contribution in [2.75, 3.05) is 32.3 Å². The highest BCUT2D eigenvalue weighted by molar-refractivity contribution is 7.99. The normalized spacial score (nSPS) is 12.4. The second-order valence-electron chi connectivity index (χ2n) is 3.92. The van der Waals surface area contributed by atoms with Gasteiger partial charge in [0.15, 0.2) is 11.6 Å². The first-order valence-corrected chi connectivity index (χ1v) is 7.00. The lowest BCUT2D eigenvalue weighted by atomic mass is 10.1. The van der Waals surface area contributed by atoms with E-state index in [4.69, 9.17) is 15.2 Å². The second-order valence-corrected chi connectivity index (χ2v) is 5.07. The lowest BCUT2D eigenvalue weighted by molar-refractivity contribution is 0.200. The van der Waals surface area contributed by atoms with Crippen molar-refractivity contribution in [3.8, 4) is 5.75 Å². The number of rotatable bonds is 8. The van der Waals surface area contributed by atoms with Gasteiger partial charge in [0.25, 0.3) is 0 Å². The quantitative estimate of drug-likeness (QED) is 0.739. The predicted molar refractivity (Wildman–Crippen MR) is 73.7 cm³/mol. The van der Waals surface area contributed by atoms with Crippen LogP contribution in [0.3, 0.4) is 0 Å². The first-order valence-electron chi connectivity index (χ1n) is 5.84.